The van der Waals surface area contributed by atoms with Crippen LogP contribution in [-0.2, 0) is 12.8 Å². The Hall–Kier alpha value is -1.23. The van der Waals surface area contributed by atoms with Crippen molar-refractivity contribution in [2.75, 3.05) is 0 Å². The minimum absolute atomic E-state index is 0.0164. The fourth-order valence-electron chi connectivity index (χ4n) is 3.23. The summed E-state index contributed by atoms with van der Waals surface area (Å²) in [6.45, 7) is 4.39. The molecule has 0 aliphatic carbocycles. The zero-order valence-electron chi connectivity index (χ0n) is 16.2. The van der Waals surface area contributed by atoms with Crippen molar-refractivity contribution in [1.29, 1.82) is 0 Å². The van der Waals surface area contributed by atoms with E-state index in [1.54, 1.807) is 6.07 Å². The van der Waals surface area contributed by atoms with Crippen LogP contribution in [0.15, 0.2) is 10.5 Å². The number of phenols is 1. The van der Waals surface area contributed by atoms with E-state index in [0.717, 1.165) is 47.7 Å². The summed E-state index contributed by atoms with van der Waals surface area (Å²) in [6, 6.07) is 1.57. The van der Waals surface area contributed by atoms with E-state index >= 15 is 0 Å². The molecular weight excluding hydrogens is 396 g/mol. The van der Waals surface area contributed by atoms with E-state index in [9.17, 15) is 9.90 Å². The molecule has 4 nitrogen and oxygen atoms in total. The molecule has 0 heterocycles. The second-order valence-corrected chi connectivity index (χ2v) is 7.71. The molecule has 1 aromatic rings. The Morgan fingerprint density at radius 2 is 1.42 bits per heavy atom. The van der Waals surface area contributed by atoms with Crippen molar-refractivity contribution in [3.63, 3.8) is 0 Å². The van der Waals surface area contributed by atoms with E-state index in [0.29, 0.717) is 0 Å². The maximum Gasteiger partial charge on any atom is 0.511 e. The molecular formula is C21H33BrO4. The molecule has 0 fully saturated rings. The van der Waals surface area contributed by atoms with Gasteiger partial charge < -0.3 is 14.9 Å². The molecule has 0 bridgehead atoms. The molecule has 0 saturated carbocycles. The lowest BCUT2D eigenvalue weighted by Gasteiger charge is -2.16. The molecule has 148 valence electrons. The number of unbranched alkanes of at least 4 members (excludes halogenated alkanes) is 8. The molecule has 2 N–H and O–H groups in total. The number of carbonyl (C=O) groups is 1. The van der Waals surface area contributed by atoms with Crippen LogP contribution in [0.1, 0.15) is 89.2 Å². The fourth-order valence-corrected chi connectivity index (χ4v) is 3.87. The lowest BCUT2D eigenvalue weighted by Crippen LogP contribution is -2.06. The van der Waals surface area contributed by atoms with Crippen LogP contribution < -0.4 is 4.74 Å². The quantitative estimate of drug-likeness (QED) is 0.197. The number of ether oxygens (including phenoxy) is 1. The van der Waals surface area contributed by atoms with E-state index < -0.39 is 6.16 Å². The number of hydrogen-bond acceptors (Lipinski definition) is 3. The van der Waals surface area contributed by atoms with Crippen LogP contribution in [0.25, 0.3) is 0 Å². The van der Waals surface area contributed by atoms with Gasteiger partial charge in [-0.05, 0) is 37.3 Å². The summed E-state index contributed by atoms with van der Waals surface area (Å²) in [5.41, 5.74) is 1.93. The first-order chi connectivity index (χ1) is 12.5. The molecule has 26 heavy (non-hydrogen) atoms. The third-order valence-corrected chi connectivity index (χ3v) is 5.40. The Morgan fingerprint density at radius 3 is 1.92 bits per heavy atom. The Kier molecular flexibility index (Phi) is 11.4. The first-order valence-corrected chi connectivity index (χ1v) is 10.7. The molecule has 0 atom stereocenters. The second kappa shape index (κ2) is 13.0. The van der Waals surface area contributed by atoms with Gasteiger partial charge in [-0.1, -0.05) is 81.1 Å². The van der Waals surface area contributed by atoms with E-state index in [-0.39, 0.29) is 11.5 Å². The number of carboxylic acid groups (broad SMARTS) is 1. The van der Waals surface area contributed by atoms with Crippen LogP contribution in [0.3, 0.4) is 0 Å². The third-order valence-electron chi connectivity index (χ3n) is 4.69. The van der Waals surface area contributed by atoms with Gasteiger partial charge in [0.05, 0.1) is 0 Å². The molecule has 0 aliphatic rings. The van der Waals surface area contributed by atoms with Gasteiger partial charge in [-0.2, -0.15) is 0 Å². The van der Waals surface area contributed by atoms with Crippen LogP contribution in [0.2, 0.25) is 0 Å². The third kappa shape index (κ3) is 7.98. The Labute approximate surface area is 166 Å². The average Bonchev–Trinajstić information content (AvgIpc) is 2.59. The first kappa shape index (κ1) is 22.8. The molecule has 1 aromatic carbocycles. The first-order valence-electron chi connectivity index (χ1n) is 9.95. The number of halogens is 1. The van der Waals surface area contributed by atoms with Gasteiger partial charge in [-0.15, -0.1) is 0 Å². The van der Waals surface area contributed by atoms with E-state index in [1.165, 1.54) is 44.9 Å². The molecule has 0 saturated heterocycles. The van der Waals surface area contributed by atoms with E-state index in [1.807, 2.05) is 0 Å². The highest BCUT2D eigenvalue weighted by Gasteiger charge is 2.19. The van der Waals surface area contributed by atoms with Gasteiger partial charge in [0.2, 0.25) is 0 Å². The maximum atomic E-state index is 10.9. The van der Waals surface area contributed by atoms with Crippen LogP contribution in [0.4, 0.5) is 4.79 Å². The SMILES string of the molecule is CCCCCCCc1c(Br)cc(OC(=O)O)c(O)c1CCCCCCC. The highest BCUT2D eigenvalue weighted by molar-refractivity contribution is 9.10. The number of benzene rings is 1. The number of aromatic hydroxyl groups is 1. The Bertz CT molecular complexity index is 557. The van der Waals surface area contributed by atoms with Crippen molar-refractivity contribution >= 4 is 22.1 Å². The van der Waals surface area contributed by atoms with Crippen molar-refractivity contribution in [2.45, 2.75) is 90.9 Å². The molecule has 1 rings (SSSR count). The predicted molar refractivity (Wildman–Crippen MR) is 109 cm³/mol. The standard InChI is InChI=1S/C21H33BrO4/c1-3-5-7-9-11-13-16-17(14-12-10-8-6-4-2)20(23)19(15-18(16)22)26-21(24)25/h15,23H,3-14H2,1-2H3,(H,24,25). The summed E-state index contributed by atoms with van der Waals surface area (Å²) in [4.78, 5) is 10.9. The zero-order valence-corrected chi connectivity index (χ0v) is 17.7. The van der Waals surface area contributed by atoms with Crippen LogP contribution in [0.5, 0.6) is 11.5 Å². The average molecular weight is 429 g/mol. The lowest BCUT2D eigenvalue weighted by molar-refractivity contribution is 0.142. The highest BCUT2D eigenvalue weighted by atomic mass is 79.9. The van der Waals surface area contributed by atoms with Gasteiger partial charge in [0.25, 0.3) is 0 Å². The van der Waals surface area contributed by atoms with Crippen LogP contribution in [0, 0.1) is 0 Å². The van der Waals surface area contributed by atoms with Crippen molar-refractivity contribution in [2.24, 2.45) is 0 Å². The fraction of sp³-hybridized carbons (Fsp3) is 0.667. The second-order valence-electron chi connectivity index (χ2n) is 6.86. The predicted octanol–water partition coefficient (Wildman–Crippen LogP) is 7.24. The van der Waals surface area contributed by atoms with Gasteiger partial charge in [0.15, 0.2) is 11.5 Å². The molecule has 0 spiro atoms. The summed E-state index contributed by atoms with van der Waals surface area (Å²) in [5, 5.41) is 19.5. The molecule has 0 aliphatic heterocycles. The minimum atomic E-state index is -1.41. The van der Waals surface area contributed by atoms with Gasteiger partial charge in [-0.25, -0.2) is 4.79 Å². The zero-order chi connectivity index (χ0) is 19.4. The summed E-state index contributed by atoms with van der Waals surface area (Å²) in [7, 11) is 0. The molecule has 0 unspecified atom stereocenters. The number of hydrogen-bond donors (Lipinski definition) is 2. The van der Waals surface area contributed by atoms with Gasteiger partial charge >= 0.3 is 6.16 Å². The van der Waals surface area contributed by atoms with Crippen LogP contribution in [-0.4, -0.2) is 16.4 Å². The largest absolute Gasteiger partial charge is 0.511 e. The monoisotopic (exact) mass is 428 g/mol. The van der Waals surface area contributed by atoms with E-state index in [2.05, 4.69) is 29.8 Å². The summed E-state index contributed by atoms with van der Waals surface area (Å²) in [5.74, 6) is -0.00249. The van der Waals surface area contributed by atoms with Crippen LogP contribution >= 0.6 is 15.9 Å². The topological polar surface area (TPSA) is 66.8 Å². The summed E-state index contributed by atoms with van der Waals surface area (Å²) >= 11 is 3.55. The Balaban J connectivity index is 2.89. The number of phenolic OH excluding ortho intramolecular Hbond substituents is 1. The van der Waals surface area contributed by atoms with Gasteiger partial charge in [0, 0.05) is 10.0 Å². The van der Waals surface area contributed by atoms with Crippen molar-refractivity contribution in [3.05, 3.63) is 21.7 Å². The molecule has 0 aromatic heterocycles. The minimum Gasteiger partial charge on any atom is -0.504 e. The molecule has 5 heteroatoms. The Morgan fingerprint density at radius 1 is 0.923 bits per heavy atom. The smallest absolute Gasteiger partial charge is 0.504 e. The lowest BCUT2D eigenvalue weighted by atomic mass is 9.95. The van der Waals surface area contributed by atoms with Gasteiger partial charge in [0.1, 0.15) is 0 Å². The molecule has 0 radical (unpaired) electrons. The van der Waals surface area contributed by atoms with Gasteiger partial charge in [-0.3, -0.25) is 0 Å². The maximum absolute atomic E-state index is 10.9. The van der Waals surface area contributed by atoms with Crippen molar-refractivity contribution in [3.8, 4) is 11.5 Å². The number of rotatable bonds is 13. The molecule has 0 amide bonds. The van der Waals surface area contributed by atoms with Crippen molar-refractivity contribution in [1.82, 2.24) is 0 Å². The van der Waals surface area contributed by atoms with E-state index in [4.69, 9.17) is 9.84 Å². The summed E-state index contributed by atoms with van der Waals surface area (Å²) in [6.07, 6.45) is 11.9. The summed E-state index contributed by atoms with van der Waals surface area (Å²) < 4.78 is 5.59. The van der Waals surface area contributed by atoms with Crippen molar-refractivity contribution < 1.29 is 19.7 Å². The highest BCUT2D eigenvalue weighted by Crippen LogP contribution is 2.39. The normalized spacial score (nSPS) is 10.9.